The molecule has 10 heteroatoms. The van der Waals surface area contributed by atoms with Gasteiger partial charge in [0.15, 0.2) is 6.61 Å². The largest absolute Gasteiger partial charge is 0.497 e. The Morgan fingerprint density at radius 2 is 1.83 bits per heavy atom. The molecule has 0 aliphatic carbocycles. The van der Waals surface area contributed by atoms with Crippen LogP contribution in [0.25, 0.3) is 0 Å². The Labute approximate surface area is 168 Å². The van der Waals surface area contributed by atoms with Crippen molar-refractivity contribution in [2.45, 2.75) is 11.4 Å². The second-order valence-corrected chi connectivity index (χ2v) is 8.21. The third-order valence-corrected chi connectivity index (χ3v) is 5.85. The molecule has 29 heavy (non-hydrogen) atoms. The van der Waals surface area contributed by atoms with Crippen molar-refractivity contribution in [3.05, 3.63) is 59.4 Å². The summed E-state index contributed by atoms with van der Waals surface area (Å²) in [5.41, 5.74) is 0.0445. The number of rotatable bonds is 8. The van der Waals surface area contributed by atoms with Gasteiger partial charge in [-0.15, -0.1) is 0 Å². The Kier molecular flexibility index (Phi) is 7.29. The lowest BCUT2D eigenvalue weighted by Crippen LogP contribution is -2.30. The highest BCUT2D eigenvalue weighted by molar-refractivity contribution is 7.89. The van der Waals surface area contributed by atoms with Gasteiger partial charge in [-0.1, -0.05) is 18.2 Å². The number of nitrogens with zero attached hydrogens (tertiary/aromatic N) is 1. The van der Waals surface area contributed by atoms with Gasteiger partial charge in [-0.2, -0.15) is 0 Å². The lowest BCUT2D eigenvalue weighted by Gasteiger charge is -2.15. The van der Waals surface area contributed by atoms with Crippen LogP contribution in [-0.2, 0) is 26.1 Å². The predicted octanol–water partition coefficient (Wildman–Crippen LogP) is 1.56. The third-order valence-electron chi connectivity index (χ3n) is 3.94. The molecule has 0 aliphatic heterocycles. The van der Waals surface area contributed by atoms with Crippen molar-refractivity contribution < 1.29 is 31.9 Å². The van der Waals surface area contributed by atoms with E-state index in [1.807, 2.05) is 0 Å². The minimum absolute atomic E-state index is 0.0580. The first kappa shape index (κ1) is 22.3. The number of sulfonamides is 1. The lowest BCUT2D eigenvalue weighted by molar-refractivity contribution is -0.124. The molecule has 0 aliphatic rings. The van der Waals surface area contributed by atoms with Gasteiger partial charge in [-0.3, -0.25) is 4.79 Å². The van der Waals surface area contributed by atoms with E-state index < -0.39 is 34.3 Å². The molecular formula is C19H21FN2O6S. The number of nitrogens with one attached hydrogen (secondary N) is 1. The van der Waals surface area contributed by atoms with E-state index in [0.29, 0.717) is 5.56 Å². The maximum absolute atomic E-state index is 13.9. The van der Waals surface area contributed by atoms with Gasteiger partial charge in [0.2, 0.25) is 10.0 Å². The number of carbonyl (C=O) groups is 2. The first-order valence-electron chi connectivity index (χ1n) is 8.44. The zero-order valence-electron chi connectivity index (χ0n) is 16.1. The van der Waals surface area contributed by atoms with E-state index >= 15 is 0 Å². The van der Waals surface area contributed by atoms with E-state index in [1.54, 1.807) is 18.2 Å². The van der Waals surface area contributed by atoms with Crippen molar-refractivity contribution in [1.82, 2.24) is 9.62 Å². The van der Waals surface area contributed by atoms with Crippen molar-refractivity contribution in [1.29, 1.82) is 0 Å². The quantitative estimate of drug-likeness (QED) is 0.646. The fraction of sp³-hybridized carbons (Fsp3) is 0.263. The molecule has 0 saturated carbocycles. The van der Waals surface area contributed by atoms with Gasteiger partial charge in [0.05, 0.1) is 17.6 Å². The number of amides is 1. The number of methoxy groups -OCH3 is 1. The molecule has 0 bridgehead atoms. The molecule has 1 amide bonds. The van der Waals surface area contributed by atoms with Crippen LogP contribution < -0.4 is 10.1 Å². The Balaban J connectivity index is 1.97. The monoisotopic (exact) mass is 424 g/mol. The molecule has 2 aromatic carbocycles. The summed E-state index contributed by atoms with van der Waals surface area (Å²) in [6.45, 7) is -0.733. The van der Waals surface area contributed by atoms with Crippen molar-refractivity contribution in [3.8, 4) is 5.75 Å². The first-order valence-corrected chi connectivity index (χ1v) is 9.88. The fourth-order valence-electron chi connectivity index (χ4n) is 2.34. The number of hydrogen-bond donors (Lipinski definition) is 1. The van der Waals surface area contributed by atoms with Gasteiger partial charge < -0.3 is 14.8 Å². The molecule has 0 spiro atoms. The predicted molar refractivity (Wildman–Crippen MR) is 102 cm³/mol. The maximum Gasteiger partial charge on any atom is 0.341 e. The van der Waals surface area contributed by atoms with Crippen LogP contribution in [0.2, 0.25) is 0 Å². The molecular weight excluding hydrogens is 403 g/mol. The zero-order valence-corrected chi connectivity index (χ0v) is 17.0. The summed E-state index contributed by atoms with van der Waals surface area (Å²) >= 11 is 0. The van der Waals surface area contributed by atoms with E-state index in [9.17, 15) is 22.4 Å². The molecule has 156 valence electrons. The average molecular weight is 424 g/mol. The van der Waals surface area contributed by atoms with Gasteiger partial charge in [0.1, 0.15) is 11.6 Å². The summed E-state index contributed by atoms with van der Waals surface area (Å²) in [6.07, 6.45) is 0. The second-order valence-electron chi connectivity index (χ2n) is 6.09. The zero-order chi connectivity index (χ0) is 21.6. The molecule has 2 aromatic rings. The smallest absolute Gasteiger partial charge is 0.341 e. The number of halogens is 1. The highest BCUT2D eigenvalue weighted by atomic mass is 32.2. The summed E-state index contributed by atoms with van der Waals surface area (Å²) in [6, 6.07) is 9.83. The van der Waals surface area contributed by atoms with Crippen LogP contribution in [-0.4, -0.2) is 52.4 Å². The summed E-state index contributed by atoms with van der Waals surface area (Å²) in [7, 11) is 0.488. The van der Waals surface area contributed by atoms with Crippen LogP contribution in [0, 0.1) is 5.82 Å². The highest BCUT2D eigenvalue weighted by Crippen LogP contribution is 2.19. The minimum atomic E-state index is -3.68. The summed E-state index contributed by atoms with van der Waals surface area (Å²) < 4.78 is 49.3. The van der Waals surface area contributed by atoms with Crippen LogP contribution >= 0.6 is 0 Å². The van der Waals surface area contributed by atoms with Crippen LogP contribution in [0.4, 0.5) is 4.39 Å². The Morgan fingerprint density at radius 1 is 1.14 bits per heavy atom. The first-order chi connectivity index (χ1) is 13.7. The normalized spacial score (nSPS) is 11.2. The summed E-state index contributed by atoms with van der Waals surface area (Å²) in [5.74, 6) is -2.26. The SMILES string of the molecule is COc1ccc(C(=O)OCC(=O)NCc2ccccc2S(=O)(=O)N(C)C)c(F)c1. The fourth-order valence-corrected chi connectivity index (χ4v) is 3.46. The molecule has 8 nitrogen and oxygen atoms in total. The van der Waals surface area contributed by atoms with Gasteiger partial charge in [-0.25, -0.2) is 21.9 Å². The Morgan fingerprint density at radius 3 is 2.45 bits per heavy atom. The van der Waals surface area contributed by atoms with Crippen LogP contribution in [0.5, 0.6) is 5.75 Å². The molecule has 0 aromatic heterocycles. The van der Waals surface area contributed by atoms with E-state index in [4.69, 9.17) is 9.47 Å². The Bertz CT molecular complexity index is 1010. The molecule has 2 rings (SSSR count). The number of hydrogen-bond acceptors (Lipinski definition) is 6. The molecule has 0 unspecified atom stereocenters. The van der Waals surface area contributed by atoms with Crippen molar-refractivity contribution in [2.24, 2.45) is 0 Å². The maximum atomic E-state index is 13.9. The lowest BCUT2D eigenvalue weighted by atomic mass is 10.2. The molecule has 0 heterocycles. The summed E-state index contributed by atoms with van der Waals surface area (Å²) in [5, 5.41) is 2.48. The number of carbonyl (C=O) groups excluding carboxylic acids is 2. The molecule has 0 radical (unpaired) electrons. The van der Waals surface area contributed by atoms with Crippen molar-refractivity contribution >= 4 is 21.9 Å². The Hall–Kier alpha value is -2.98. The van der Waals surface area contributed by atoms with E-state index in [-0.39, 0.29) is 22.8 Å². The molecule has 0 fully saturated rings. The topological polar surface area (TPSA) is 102 Å². The van der Waals surface area contributed by atoms with Crippen LogP contribution in [0.15, 0.2) is 47.4 Å². The average Bonchev–Trinajstić information content (AvgIpc) is 2.70. The number of esters is 1. The second kappa shape index (κ2) is 9.48. The van der Waals surface area contributed by atoms with Gasteiger partial charge in [-0.05, 0) is 23.8 Å². The number of benzene rings is 2. The number of ether oxygens (including phenoxy) is 2. The van der Waals surface area contributed by atoms with E-state index in [2.05, 4.69) is 5.32 Å². The molecule has 0 saturated heterocycles. The van der Waals surface area contributed by atoms with E-state index in [1.165, 1.54) is 39.4 Å². The summed E-state index contributed by atoms with van der Waals surface area (Å²) in [4.78, 5) is 24.0. The van der Waals surface area contributed by atoms with Crippen LogP contribution in [0.3, 0.4) is 0 Å². The minimum Gasteiger partial charge on any atom is -0.497 e. The van der Waals surface area contributed by atoms with Gasteiger partial charge in [0, 0.05) is 26.7 Å². The van der Waals surface area contributed by atoms with E-state index in [0.717, 1.165) is 10.4 Å². The van der Waals surface area contributed by atoms with Gasteiger partial charge in [0.25, 0.3) is 5.91 Å². The highest BCUT2D eigenvalue weighted by Gasteiger charge is 2.21. The standard InChI is InChI=1S/C19H21FN2O6S/c1-22(2)29(25,26)17-7-5-4-6-13(17)11-21-18(23)12-28-19(24)15-9-8-14(27-3)10-16(15)20/h4-10H,11-12H2,1-3H3,(H,21,23). The van der Waals surface area contributed by atoms with Crippen LogP contribution in [0.1, 0.15) is 15.9 Å². The third kappa shape index (κ3) is 5.52. The van der Waals surface area contributed by atoms with Crippen molar-refractivity contribution in [3.63, 3.8) is 0 Å². The van der Waals surface area contributed by atoms with Gasteiger partial charge >= 0.3 is 5.97 Å². The molecule has 0 atom stereocenters. The molecule has 1 N–H and O–H groups in total. The van der Waals surface area contributed by atoms with Crippen molar-refractivity contribution in [2.75, 3.05) is 27.8 Å².